The Bertz CT molecular complexity index is 743. The smallest absolute Gasteiger partial charge is 0.0832 e. The molecule has 2 aliphatic rings. The minimum atomic E-state index is 0.302. The molecule has 136 valence electrons. The third-order valence-electron chi connectivity index (χ3n) is 5.64. The molecule has 1 aliphatic carbocycles. The first-order chi connectivity index (χ1) is 12.8. The monoisotopic (exact) mass is 382 g/mol. The maximum absolute atomic E-state index is 4.11. The molecular formula is C23H28NS2+. The van der Waals surface area contributed by atoms with Crippen molar-refractivity contribution in [1.29, 1.82) is 0 Å². The van der Waals surface area contributed by atoms with Crippen molar-refractivity contribution in [2.24, 2.45) is 5.92 Å². The Hall–Kier alpha value is -1.16. The number of rotatable bonds is 5. The average molecular weight is 383 g/mol. The van der Waals surface area contributed by atoms with Crippen LogP contribution in [0.1, 0.15) is 42.7 Å². The molecule has 0 unspecified atom stereocenters. The molecule has 1 aliphatic heterocycles. The Labute approximate surface area is 165 Å². The van der Waals surface area contributed by atoms with Crippen molar-refractivity contribution in [3.05, 3.63) is 77.9 Å². The molecule has 0 radical (unpaired) electrons. The highest BCUT2D eigenvalue weighted by Gasteiger charge is 2.48. The van der Waals surface area contributed by atoms with Gasteiger partial charge < -0.3 is 5.73 Å². The predicted octanol–water partition coefficient (Wildman–Crippen LogP) is 5.42. The number of fused-ring (bicyclic) bond motifs is 1. The van der Waals surface area contributed by atoms with Crippen LogP contribution in [0.4, 0.5) is 0 Å². The highest BCUT2D eigenvalue weighted by Crippen LogP contribution is 2.63. The molecule has 3 heteroatoms. The van der Waals surface area contributed by atoms with E-state index >= 15 is 0 Å². The number of quaternary nitrogens is 1. The molecule has 0 aromatic heterocycles. The summed E-state index contributed by atoms with van der Waals surface area (Å²) in [6.07, 6.45) is 7.96. The molecule has 2 aromatic rings. The van der Waals surface area contributed by atoms with Gasteiger partial charge in [0.15, 0.2) is 0 Å². The summed E-state index contributed by atoms with van der Waals surface area (Å²) in [5.41, 5.74) is 6.97. The maximum atomic E-state index is 4.11. The number of benzene rings is 2. The standard InChI is InChI=1S/C23H27NS2/c24-15-16-25-23-14-8-7-13-21(23)20(18-9-3-1-4-10-18)17-22(26-23)19-11-5-2-6-12-19/h1-6,9-12,17,20-21H,7-8,13-16,24H2/p+1/t20-,21-,23+/m1/s1. The molecule has 0 amide bonds. The van der Waals surface area contributed by atoms with E-state index in [1.54, 1.807) is 0 Å². The zero-order chi connectivity index (χ0) is 17.8. The minimum Gasteiger partial charge on any atom is -0.357 e. The highest BCUT2D eigenvalue weighted by molar-refractivity contribution is 8.22. The van der Waals surface area contributed by atoms with E-state index in [0.29, 0.717) is 15.9 Å². The van der Waals surface area contributed by atoms with E-state index in [1.807, 2.05) is 0 Å². The summed E-state index contributed by atoms with van der Waals surface area (Å²) in [6.45, 7) is 1.01. The zero-order valence-corrected chi connectivity index (χ0v) is 16.9. The third kappa shape index (κ3) is 3.62. The van der Waals surface area contributed by atoms with Gasteiger partial charge in [-0.05, 0) is 29.9 Å². The molecule has 3 atom stereocenters. The Kier molecular flexibility index (Phi) is 5.78. The molecule has 0 bridgehead atoms. The number of thioether (sulfide) groups is 2. The fourth-order valence-corrected chi connectivity index (χ4v) is 7.95. The zero-order valence-electron chi connectivity index (χ0n) is 15.3. The second-order valence-corrected chi connectivity index (χ2v) is 10.4. The van der Waals surface area contributed by atoms with Crippen LogP contribution >= 0.6 is 23.5 Å². The van der Waals surface area contributed by atoms with E-state index in [9.17, 15) is 0 Å². The summed E-state index contributed by atoms with van der Waals surface area (Å²) >= 11 is 4.34. The van der Waals surface area contributed by atoms with E-state index in [-0.39, 0.29) is 0 Å². The van der Waals surface area contributed by atoms with Gasteiger partial charge >= 0.3 is 0 Å². The lowest BCUT2D eigenvalue weighted by Crippen LogP contribution is -2.52. The van der Waals surface area contributed by atoms with Crippen LogP contribution in [0.2, 0.25) is 0 Å². The summed E-state index contributed by atoms with van der Waals surface area (Å²) < 4.78 is 0.302. The van der Waals surface area contributed by atoms with E-state index in [1.165, 1.54) is 41.7 Å². The summed E-state index contributed by atoms with van der Waals surface area (Å²) in [7, 11) is 0. The Balaban J connectivity index is 1.79. The SMILES string of the molecule is [NH3+]CCS[C@]12CCCC[C@@H]1[C@@H](c1ccccc1)C=C(c1ccccc1)S2. The van der Waals surface area contributed by atoms with Crippen LogP contribution in [-0.2, 0) is 0 Å². The Morgan fingerprint density at radius 2 is 1.73 bits per heavy atom. The molecule has 4 rings (SSSR count). The Morgan fingerprint density at radius 1 is 1.00 bits per heavy atom. The molecule has 2 aromatic carbocycles. The van der Waals surface area contributed by atoms with Crippen molar-refractivity contribution in [3.8, 4) is 0 Å². The first kappa shape index (κ1) is 18.2. The fraction of sp³-hybridized carbons (Fsp3) is 0.391. The summed E-state index contributed by atoms with van der Waals surface area (Å²) in [5, 5.41) is 0. The van der Waals surface area contributed by atoms with Gasteiger partial charge in [-0.3, -0.25) is 0 Å². The predicted molar refractivity (Wildman–Crippen MR) is 116 cm³/mol. The van der Waals surface area contributed by atoms with Gasteiger partial charge in [0.1, 0.15) is 0 Å². The molecule has 1 fully saturated rings. The lowest BCUT2D eigenvalue weighted by atomic mass is 9.75. The third-order valence-corrected chi connectivity index (χ3v) is 9.17. The molecule has 26 heavy (non-hydrogen) atoms. The molecule has 3 N–H and O–H groups in total. The van der Waals surface area contributed by atoms with Crippen LogP contribution in [0.15, 0.2) is 66.7 Å². The number of allylic oxidation sites excluding steroid dienone is 1. The number of hydrogen-bond donors (Lipinski definition) is 1. The molecule has 0 spiro atoms. The van der Waals surface area contributed by atoms with Gasteiger partial charge in [0.2, 0.25) is 0 Å². The lowest BCUT2D eigenvalue weighted by molar-refractivity contribution is -0.360. The normalized spacial score (nSPS) is 28.3. The number of hydrogen-bond acceptors (Lipinski definition) is 2. The molecule has 1 nitrogen and oxygen atoms in total. The van der Waals surface area contributed by atoms with Crippen molar-refractivity contribution in [3.63, 3.8) is 0 Å². The molecule has 1 saturated carbocycles. The highest BCUT2D eigenvalue weighted by atomic mass is 32.2. The minimum absolute atomic E-state index is 0.302. The van der Waals surface area contributed by atoms with Crippen LogP contribution in [0.5, 0.6) is 0 Å². The summed E-state index contributed by atoms with van der Waals surface area (Å²) in [6, 6.07) is 22.1. The molecule has 1 heterocycles. The second-order valence-electron chi connectivity index (χ2n) is 7.30. The van der Waals surface area contributed by atoms with E-state index in [0.717, 1.165) is 12.3 Å². The van der Waals surface area contributed by atoms with E-state index in [2.05, 4.69) is 96.0 Å². The van der Waals surface area contributed by atoms with Crippen LogP contribution in [0.3, 0.4) is 0 Å². The van der Waals surface area contributed by atoms with Crippen LogP contribution in [0, 0.1) is 5.92 Å². The van der Waals surface area contributed by atoms with Gasteiger partial charge in [-0.1, -0.05) is 79.6 Å². The molecular weight excluding hydrogens is 354 g/mol. The van der Waals surface area contributed by atoms with Crippen molar-refractivity contribution < 1.29 is 5.73 Å². The van der Waals surface area contributed by atoms with Gasteiger partial charge in [0, 0.05) is 16.6 Å². The quantitative estimate of drug-likeness (QED) is 0.748. The van der Waals surface area contributed by atoms with Gasteiger partial charge in [-0.25, -0.2) is 0 Å². The van der Waals surface area contributed by atoms with E-state index < -0.39 is 0 Å². The summed E-state index contributed by atoms with van der Waals surface area (Å²) in [4.78, 5) is 1.47. The fourth-order valence-electron chi connectivity index (χ4n) is 4.44. The largest absolute Gasteiger partial charge is 0.357 e. The molecule has 0 saturated heterocycles. The second kappa shape index (κ2) is 8.24. The first-order valence-corrected chi connectivity index (χ1v) is 11.6. The lowest BCUT2D eigenvalue weighted by Gasteiger charge is -2.49. The van der Waals surface area contributed by atoms with Crippen LogP contribution < -0.4 is 5.73 Å². The van der Waals surface area contributed by atoms with Crippen molar-refractivity contribution in [2.75, 3.05) is 12.3 Å². The van der Waals surface area contributed by atoms with Crippen molar-refractivity contribution >= 4 is 28.4 Å². The topological polar surface area (TPSA) is 27.6 Å². The summed E-state index contributed by atoms with van der Waals surface area (Å²) in [5.74, 6) is 2.39. The van der Waals surface area contributed by atoms with Crippen molar-refractivity contribution in [2.45, 2.75) is 35.7 Å². The van der Waals surface area contributed by atoms with Gasteiger partial charge in [-0.15, -0.1) is 23.5 Å². The van der Waals surface area contributed by atoms with Crippen LogP contribution in [0.25, 0.3) is 4.91 Å². The first-order valence-electron chi connectivity index (χ1n) is 9.77. The maximum Gasteiger partial charge on any atom is 0.0832 e. The van der Waals surface area contributed by atoms with Gasteiger partial charge in [0.05, 0.1) is 10.6 Å². The van der Waals surface area contributed by atoms with Crippen LogP contribution in [-0.4, -0.2) is 16.4 Å². The van der Waals surface area contributed by atoms with Gasteiger partial charge in [0.25, 0.3) is 0 Å². The van der Waals surface area contributed by atoms with Gasteiger partial charge in [-0.2, -0.15) is 0 Å². The average Bonchev–Trinajstić information content (AvgIpc) is 2.72. The Morgan fingerprint density at radius 3 is 2.46 bits per heavy atom. The van der Waals surface area contributed by atoms with Crippen molar-refractivity contribution in [1.82, 2.24) is 0 Å². The van der Waals surface area contributed by atoms with E-state index in [4.69, 9.17) is 0 Å².